The highest BCUT2D eigenvalue weighted by molar-refractivity contribution is 5.97. The van der Waals surface area contributed by atoms with E-state index in [1.165, 1.54) is 12.8 Å². The minimum Gasteiger partial charge on any atom is -0.482 e. The summed E-state index contributed by atoms with van der Waals surface area (Å²) in [7, 11) is 0. The maximum absolute atomic E-state index is 12.2. The van der Waals surface area contributed by atoms with Gasteiger partial charge in [-0.3, -0.25) is 4.79 Å². The zero-order chi connectivity index (χ0) is 19.3. The molecule has 2 aliphatic heterocycles. The lowest BCUT2D eigenvalue weighted by atomic mass is 10.0. The van der Waals surface area contributed by atoms with E-state index < -0.39 is 0 Å². The number of anilines is 3. The Kier molecular flexibility index (Phi) is 5.60. The fourth-order valence-corrected chi connectivity index (χ4v) is 3.87. The number of fused-ring (bicyclic) bond motifs is 1. The Morgan fingerprint density at radius 3 is 3.07 bits per heavy atom. The summed E-state index contributed by atoms with van der Waals surface area (Å²) in [4.78, 5) is 25.1. The Morgan fingerprint density at radius 1 is 1.29 bits per heavy atom. The molecule has 7 heteroatoms. The molecule has 0 spiro atoms. The van der Waals surface area contributed by atoms with E-state index in [4.69, 9.17) is 4.74 Å². The average Bonchev–Trinajstić information content (AvgIpc) is 2.73. The number of carbonyl (C=O) groups excluding carboxylic acids is 1. The summed E-state index contributed by atoms with van der Waals surface area (Å²) in [6.45, 7) is 5.88. The second-order valence-corrected chi connectivity index (χ2v) is 7.54. The van der Waals surface area contributed by atoms with Crippen molar-refractivity contribution in [3.05, 3.63) is 36.7 Å². The van der Waals surface area contributed by atoms with Crippen molar-refractivity contribution in [2.75, 3.05) is 47.9 Å². The second-order valence-electron chi connectivity index (χ2n) is 7.54. The molecule has 0 bridgehead atoms. The third-order valence-electron chi connectivity index (χ3n) is 5.31. The number of para-hydroxylation sites is 2. The summed E-state index contributed by atoms with van der Waals surface area (Å²) in [6, 6.07) is 9.69. The van der Waals surface area contributed by atoms with Crippen LogP contribution in [0.2, 0.25) is 0 Å². The van der Waals surface area contributed by atoms with Crippen molar-refractivity contribution in [3.63, 3.8) is 0 Å². The zero-order valence-electron chi connectivity index (χ0n) is 16.3. The number of piperidine rings is 1. The topological polar surface area (TPSA) is 70.6 Å². The first-order chi connectivity index (χ1) is 13.7. The van der Waals surface area contributed by atoms with Crippen molar-refractivity contribution in [1.29, 1.82) is 0 Å². The highest BCUT2D eigenvalue weighted by atomic mass is 16.5. The van der Waals surface area contributed by atoms with Crippen LogP contribution in [0.4, 0.5) is 17.3 Å². The number of ether oxygens (including phenoxy) is 1. The Morgan fingerprint density at radius 2 is 2.18 bits per heavy atom. The van der Waals surface area contributed by atoms with Gasteiger partial charge in [-0.2, -0.15) is 0 Å². The molecule has 1 amide bonds. The molecule has 1 saturated heterocycles. The van der Waals surface area contributed by atoms with Crippen molar-refractivity contribution in [2.24, 2.45) is 5.92 Å². The van der Waals surface area contributed by atoms with Gasteiger partial charge < -0.3 is 19.9 Å². The van der Waals surface area contributed by atoms with Gasteiger partial charge in [-0.05, 0) is 37.3 Å². The first kappa shape index (κ1) is 18.5. The summed E-state index contributed by atoms with van der Waals surface area (Å²) in [5, 5.41) is 3.37. The molecule has 1 N–H and O–H groups in total. The summed E-state index contributed by atoms with van der Waals surface area (Å²) >= 11 is 0. The Bertz CT molecular complexity index is 828. The van der Waals surface area contributed by atoms with Crippen molar-refractivity contribution < 1.29 is 9.53 Å². The van der Waals surface area contributed by atoms with E-state index in [1.54, 1.807) is 11.2 Å². The van der Waals surface area contributed by atoms with Crippen LogP contribution in [0.15, 0.2) is 36.7 Å². The van der Waals surface area contributed by atoms with Crippen LogP contribution in [0.5, 0.6) is 5.75 Å². The number of benzene rings is 1. The highest BCUT2D eigenvalue weighted by Gasteiger charge is 2.24. The fraction of sp³-hybridized carbons (Fsp3) is 0.476. The lowest BCUT2D eigenvalue weighted by molar-refractivity contribution is -0.121. The van der Waals surface area contributed by atoms with Crippen LogP contribution in [0.1, 0.15) is 26.2 Å². The van der Waals surface area contributed by atoms with Gasteiger partial charge >= 0.3 is 0 Å². The SMILES string of the molecule is CC1CCCN(c2cc(NCCCN3C(=O)COc4ccccc43)ncn2)C1. The van der Waals surface area contributed by atoms with Crippen molar-refractivity contribution >= 4 is 23.2 Å². The number of amides is 1. The molecule has 1 atom stereocenters. The molecule has 1 unspecified atom stereocenters. The van der Waals surface area contributed by atoms with Crippen molar-refractivity contribution in [3.8, 4) is 5.75 Å². The number of nitrogens with one attached hydrogen (secondary N) is 1. The van der Waals surface area contributed by atoms with E-state index in [2.05, 4.69) is 27.1 Å². The van der Waals surface area contributed by atoms with Gasteiger partial charge in [0.15, 0.2) is 6.61 Å². The molecular formula is C21H27N5O2. The maximum atomic E-state index is 12.2. The van der Waals surface area contributed by atoms with E-state index in [1.807, 2.05) is 30.3 Å². The number of hydrogen-bond acceptors (Lipinski definition) is 6. The molecule has 0 saturated carbocycles. The second kappa shape index (κ2) is 8.46. The standard InChI is InChI=1S/C21H27N5O2/c1-16-6-4-10-25(13-16)20-12-19(23-15-24-20)22-9-5-11-26-17-7-2-3-8-18(17)28-14-21(26)27/h2-3,7-8,12,15-16H,4-6,9-11,13-14H2,1H3,(H,22,23,24). The van der Waals surface area contributed by atoms with E-state index in [0.717, 1.165) is 49.1 Å². The molecule has 4 rings (SSSR count). The molecule has 0 radical (unpaired) electrons. The first-order valence-corrected chi connectivity index (χ1v) is 10.0. The zero-order valence-corrected chi connectivity index (χ0v) is 16.3. The van der Waals surface area contributed by atoms with E-state index in [0.29, 0.717) is 12.5 Å². The molecule has 3 heterocycles. The largest absolute Gasteiger partial charge is 0.482 e. The molecule has 148 valence electrons. The average molecular weight is 381 g/mol. The number of hydrogen-bond donors (Lipinski definition) is 1. The van der Waals surface area contributed by atoms with Crippen LogP contribution >= 0.6 is 0 Å². The van der Waals surface area contributed by atoms with Gasteiger partial charge in [0.1, 0.15) is 23.7 Å². The molecule has 1 fully saturated rings. The summed E-state index contributed by atoms with van der Waals surface area (Å²) in [5.74, 6) is 3.29. The minimum atomic E-state index is 0.00207. The molecule has 0 aliphatic carbocycles. The maximum Gasteiger partial charge on any atom is 0.265 e. The molecule has 28 heavy (non-hydrogen) atoms. The van der Waals surface area contributed by atoms with Crippen LogP contribution in [0.25, 0.3) is 0 Å². The predicted molar refractivity (Wildman–Crippen MR) is 110 cm³/mol. The van der Waals surface area contributed by atoms with Crippen LogP contribution in [-0.4, -0.2) is 48.7 Å². The van der Waals surface area contributed by atoms with E-state index >= 15 is 0 Å². The molecule has 2 aromatic rings. The Hall–Kier alpha value is -2.83. The Labute approximate surface area is 165 Å². The first-order valence-electron chi connectivity index (χ1n) is 10.0. The van der Waals surface area contributed by atoms with Gasteiger partial charge in [-0.1, -0.05) is 19.1 Å². The molecular weight excluding hydrogens is 354 g/mol. The molecule has 7 nitrogen and oxygen atoms in total. The summed E-state index contributed by atoms with van der Waals surface area (Å²) in [5.41, 5.74) is 0.849. The predicted octanol–water partition coefficient (Wildman–Crippen LogP) is 2.94. The quantitative estimate of drug-likeness (QED) is 0.776. The van der Waals surface area contributed by atoms with E-state index in [-0.39, 0.29) is 12.5 Å². The lowest BCUT2D eigenvalue weighted by Crippen LogP contribution is -2.39. The van der Waals surface area contributed by atoms with Gasteiger partial charge in [0.05, 0.1) is 5.69 Å². The van der Waals surface area contributed by atoms with Crippen molar-refractivity contribution in [2.45, 2.75) is 26.2 Å². The van der Waals surface area contributed by atoms with Gasteiger partial charge in [-0.25, -0.2) is 9.97 Å². The summed E-state index contributed by atoms with van der Waals surface area (Å²) < 4.78 is 5.49. The van der Waals surface area contributed by atoms with Crippen molar-refractivity contribution in [1.82, 2.24) is 9.97 Å². The molecule has 2 aliphatic rings. The number of rotatable bonds is 6. The fourth-order valence-electron chi connectivity index (χ4n) is 3.87. The normalized spacial score (nSPS) is 19.2. The molecule has 1 aromatic carbocycles. The van der Waals surface area contributed by atoms with Crippen LogP contribution in [-0.2, 0) is 4.79 Å². The number of aromatic nitrogens is 2. The van der Waals surface area contributed by atoms with Crippen LogP contribution < -0.4 is 19.9 Å². The third kappa shape index (κ3) is 4.18. The van der Waals surface area contributed by atoms with Crippen LogP contribution in [0, 0.1) is 5.92 Å². The minimum absolute atomic E-state index is 0.00207. The number of nitrogens with zero attached hydrogens (tertiary/aromatic N) is 4. The lowest BCUT2D eigenvalue weighted by Gasteiger charge is -2.31. The molecule has 1 aromatic heterocycles. The third-order valence-corrected chi connectivity index (χ3v) is 5.31. The highest BCUT2D eigenvalue weighted by Crippen LogP contribution is 2.31. The van der Waals surface area contributed by atoms with Gasteiger partial charge in [-0.15, -0.1) is 0 Å². The van der Waals surface area contributed by atoms with Gasteiger partial charge in [0, 0.05) is 32.2 Å². The van der Waals surface area contributed by atoms with Gasteiger partial charge in [0.2, 0.25) is 0 Å². The van der Waals surface area contributed by atoms with Gasteiger partial charge in [0.25, 0.3) is 5.91 Å². The Balaban J connectivity index is 1.31. The summed E-state index contributed by atoms with van der Waals surface area (Å²) in [6.07, 6.45) is 4.94. The van der Waals surface area contributed by atoms with Crippen LogP contribution in [0.3, 0.4) is 0 Å². The van der Waals surface area contributed by atoms with E-state index in [9.17, 15) is 4.79 Å². The number of carbonyl (C=O) groups is 1. The monoisotopic (exact) mass is 381 g/mol. The smallest absolute Gasteiger partial charge is 0.265 e.